The van der Waals surface area contributed by atoms with Crippen molar-refractivity contribution in [2.75, 3.05) is 0 Å². The lowest BCUT2D eigenvalue weighted by atomic mass is 10.2. The maximum Gasteiger partial charge on any atom is 0.356 e. The first kappa shape index (κ1) is 10.5. The van der Waals surface area contributed by atoms with Gasteiger partial charge in [-0.1, -0.05) is 6.07 Å². The van der Waals surface area contributed by atoms with E-state index in [1.54, 1.807) is 17.1 Å². The van der Waals surface area contributed by atoms with E-state index in [1.165, 1.54) is 6.07 Å². The summed E-state index contributed by atoms with van der Waals surface area (Å²) in [6.07, 6.45) is 3.35. The van der Waals surface area contributed by atoms with Crippen molar-refractivity contribution in [2.24, 2.45) is 0 Å². The van der Waals surface area contributed by atoms with Gasteiger partial charge in [-0.25, -0.2) is 9.48 Å². The normalized spacial score (nSPS) is 10.7. The summed E-state index contributed by atoms with van der Waals surface area (Å²) < 4.78 is 1.55. The van der Waals surface area contributed by atoms with Crippen LogP contribution in [0.15, 0.2) is 48.8 Å². The minimum Gasteiger partial charge on any atom is -0.476 e. The van der Waals surface area contributed by atoms with Gasteiger partial charge in [-0.2, -0.15) is 5.10 Å². The Hall–Kier alpha value is -2.69. The first-order chi connectivity index (χ1) is 8.75. The van der Waals surface area contributed by atoms with Crippen LogP contribution in [0.2, 0.25) is 0 Å². The van der Waals surface area contributed by atoms with E-state index in [9.17, 15) is 4.79 Å². The van der Waals surface area contributed by atoms with Gasteiger partial charge in [0.1, 0.15) is 0 Å². The third-order valence-electron chi connectivity index (χ3n) is 2.68. The minimum absolute atomic E-state index is 0.0240. The molecular formula is C13H9N3O2. The summed E-state index contributed by atoms with van der Waals surface area (Å²) in [5.74, 6) is -1.04. The molecule has 0 atom stereocenters. The fraction of sp³-hybridized carbons (Fsp3) is 0. The van der Waals surface area contributed by atoms with E-state index >= 15 is 0 Å². The molecule has 0 bridgehead atoms. The molecule has 2 aromatic heterocycles. The van der Waals surface area contributed by atoms with Gasteiger partial charge in [-0.3, -0.25) is 4.98 Å². The van der Waals surface area contributed by atoms with Crippen molar-refractivity contribution in [3.05, 3.63) is 54.5 Å². The molecule has 0 fully saturated rings. The molecule has 3 rings (SSSR count). The third kappa shape index (κ3) is 1.62. The molecule has 0 aliphatic carbocycles. The second kappa shape index (κ2) is 3.96. The lowest BCUT2D eigenvalue weighted by molar-refractivity contribution is 0.0690. The van der Waals surface area contributed by atoms with Crippen molar-refractivity contribution in [3.63, 3.8) is 0 Å². The molecule has 2 heterocycles. The van der Waals surface area contributed by atoms with Gasteiger partial charge in [-0.05, 0) is 30.3 Å². The number of carboxylic acids is 1. The van der Waals surface area contributed by atoms with Crippen molar-refractivity contribution in [2.45, 2.75) is 0 Å². The number of carbonyl (C=O) groups is 1. The van der Waals surface area contributed by atoms with E-state index < -0.39 is 5.97 Å². The molecule has 5 nitrogen and oxygen atoms in total. The van der Waals surface area contributed by atoms with Crippen LogP contribution >= 0.6 is 0 Å². The number of aromatic carboxylic acids is 1. The number of hydrogen-bond donors (Lipinski definition) is 1. The molecule has 1 N–H and O–H groups in total. The number of rotatable bonds is 2. The smallest absolute Gasteiger partial charge is 0.356 e. The Morgan fingerprint density at radius 1 is 1.17 bits per heavy atom. The molecule has 0 saturated heterocycles. The highest BCUT2D eigenvalue weighted by atomic mass is 16.4. The van der Waals surface area contributed by atoms with E-state index in [1.807, 2.05) is 30.3 Å². The summed E-state index contributed by atoms with van der Waals surface area (Å²) in [5.41, 5.74) is 1.69. The maximum absolute atomic E-state index is 10.8. The fourth-order valence-electron chi connectivity index (χ4n) is 1.86. The van der Waals surface area contributed by atoms with Gasteiger partial charge in [0.15, 0.2) is 5.69 Å². The van der Waals surface area contributed by atoms with Crippen LogP contribution in [0.4, 0.5) is 0 Å². The minimum atomic E-state index is -1.04. The van der Waals surface area contributed by atoms with Crippen LogP contribution < -0.4 is 0 Å². The molecule has 0 unspecified atom stereocenters. The number of pyridine rings is 1. The number of fused-ring (bicyclic) bond motifs is 1. The van der Waals surface area contributed by atoms with E-state index in [0.717, 1.165) is 16.6 Å². The summed E-state index contributed by atoms with van der Waals surface area (Å²) in [6, 6.07) is 10.9. The summed E-state index contributed by atoms with van der Waals surface area (Å²) in [5, 5.41) is 13.8. The predicted molar refractivity (Wildman–Crippen MR) is 65.8 cm³/mol. The molecule has 88 valence electrons. The molecule has 0 amide bonds. The lowest BCUT2D eigenvalue weighted by Crippen LogP contribution is -2.01. The van der Waals surface area contributed by atoms with Gasteiger partial charge in [0, 0.05) is 17.8 Å². The van der Waals surface area contributed by atoms with Gasteiger partial charge >= 0.3 is 5.97 Å². The highest BCUT2D eigenvalue weighted by Crippen LogP contribution is 2.19. The van der Waals surface area contributed by atoms with Crippen LogP contribution in [0.3, 0.4) is 0 Å². The summed E-state index contributed by atoms with van der Waals surface area (Å²) in [6.45, 7) is 0. The molecule has 3 aromatic rings. The number of carboxylic acid groups (broad SMARTS) is 1. The van der Waals surface area contributed by atoms with Crippen LogP contribution in [0, 0.1) is 0 Å². The maximum atomic E-state index is 10.8. The van der Waals surface area contributed by atoms with Gasteiger partial charge in [-0.15, -0.1) is 0 Å². The van der Waals surface area contributed by atoms with E-state index in [0.29, 0.717) is 0 Å². The lowest BCUT2D eigenvalue weighted by Gasteiger charge is -2.05. The van der Waals surface area contributed by atoms with Crippen molar-refractivity contribution in [1.82, 2.24) is 14.8 Å². The topological polar surface area (TPSA) is 68.0 Å². The highest BCUT2D eigenvalue weighted by Gasteiger charge is 2.09. The van der Waals surface area contributed by atoms with Gasteiger partial charge in [0.05, 0.1) is 11.2 Å². The standard InChI is InChI=1S/C13H9N3O2/c17-13(18)11-6-8-16(15-11)12-5-1-4-10-9(12)3-2-7-14-10/h1-8H,(H,17,18). The average Bonchev–Trinajstić information content (AvgIpc) is 2.87. The Labute approximate surface area is 102 Å². The summed E-state index contributed by atoms with van der Waals surface area (Å²) in [4.78, 5) is 15.1. The zero-order valence-electron chi connectivity index (χ0n) is 9.32. The van der Waals surface area contributed by atoms with E-state index in [2.05, 4.69) is 10.1 Å². The monoisotopic (exact) mass is 239 g/mol. The van der Waals surface area contributed by atoms with Crippen molar-refractivity contribution in [1.29, 1.82) is 0 Å². The number of aromatic nitrogens is 3. The molecule has 0 aliphatic rings. The molecule has 18 heavy (non-hydrogen) atoms. The molecule has 0 spiro atoms. The first-order valence-electron chi connectivity index (χ1n) is 5.39. The zero-order valence-corrected chi connectivity index (χ0v) is 9.32. The number of benzene rings is 1. The predicted octanol–water partition coefficient (Wildman–Crippen LogP) is 2.12. The van der Waals surface area contributed by atoms with Gasteiger partial charge < -0.3 is 5.11 Å². The Bertz CT molecular complexity index is 728. The summed E-state index contributed by atoms with van der Waals surface area (Å²) >= 11 is 0. The molecule has 0 aliphatic heterocycles. The first-order valence-corrected chi connectivity index (χ1v) is 5.39. The van der Waals surface area contributed by atoms with Gasteiger partial charge in [0.25, 0.3) is 0 Å². The molecule has 5 heteroatoms. The average molecular weight is 239 g/mol. The largest absolute Gasteiger partial charge is 0.476 e. The number of nitrogens with zero attached hydrogens (tertiary/aromatic N) is 3. The second-order valence-corrected chi connectivity index (χ2v) is 3.80. The highest BCUT2D eigenvalue weighted by molar-refractivity contribution is 5.88. The molecule has 0 radical (unpaired) electrons. The second-order valence-electron chi connectivity index (χ2n) is 3.80. The van der Waals surface area contributed by atoms with Gasteiger partial charge in [0.2, 0.25) is 0 Å². The zero-order chi connectivity index (χ0) is 12.5. The van der Waals surface area contributed by atoms with E-state index in [4.69, 9.17) is 5.11 Å². The molecule has 0 saturated carbocycles. The third-order valence-corrected chi connectivity index (χ3v) is 2.68. The van der Waals surface area contributed by atoms with Crippen LogP contribution in [0.25, 0.3) is 16.6 Å². The van der Waals surface area contributed by atoms with E-state index in [-0.39, 0.29) is 5.69 Å². The SMILES string of the molecule is O=C(O)c1ccn(-c2cccc3ncccc23)n1. The van der Waals surface area contributed by atoms with Crippen molar-refractivity contribution < 1.29 is 9.90 Å². The quantitative estimate of drug-likeness (QED) is 0.743. The van der Waals surface area contributed by atoms with Crippen LogP contribution in [-0.2, 0) is 0 Å². The Morgan fingerprint density at radius 2 is 2.06 bits per heavy atom. The molecule has 1 aromatic carbocycles. The Morgan fingerprint density at radius 3 is 2.83 bits per heavy atom. The summed E-state index contributed by atoms with van der Waals surface area (Å²) in [7, 11) is 0. The number of hydrogen-bond acceptors (Lipinski definition) is 3. The Balaban J connectivity index is 2.21. The van der Waals surface area contributed by atoms with Crippen molar-refractivity contribution >= 4 is 16.9 Å². The van der Waals surface area contributed by atoms with Crippen LogP contribution in [-0.4, -0.2) is 25.8 Å². The van der Waals surface area contributed by atoms with Crippen LogP contribution in [0.1, 0.15) is 10.5 Å². The van der Waals surface area contributed by atoms with Crippen molar-refractivity contribution in [3.8, 4) is 5.69 Å². The van der Waals surface area contributed by atoms with Crippen LogP contribution in [0.5, 0.6) is 0 Å². The molecular weight excluding hydrogens is 230 g/mol. The fourth-order valence-corrected chi connectivity index (χ4v) is 1.86. The Kier molecular flexibility index (Phi) is 2.30.